The molecule has 0 radical (unpaired) electrons. The molecule has 1 heterocycles. The zero-order valence-corrected chi connectivity index (χ0v) is 11.8. The van der Waals surface area contributed by atoms with Gasteiger partial charge in [-0.2, -0.15) is 0 Å². The number of nitrogens with one attached hydrogen (secondary N) is 2. The Balaban J connectivity index is 2.43. The molecular formula is C13H20N2O2S. The standard InChI is InChI=1S/C13H20N2O2S/c1-9-4-5-13-11(8-9)15-10(2)12(6-7-14-3)18(13,16)17/h4-5,8,10,12,14-15H,6-7H2,1-3H3. The molecule has 5 heteroatoms. The first kappa shape index (κ1) is 13.4. The van der Waals surface area contributed by atoms with E-state index in [-0.39, 0.29) is 11.3 Å². The fourth-order valence-corrected chi connectivity index (χ4v) is 4.51. The van der Waals surface area contributed by atoms with Crippen molar-refractivity contribution in [1.29, 1.82) is 0 Å². The lowest BCUT2D eigenvalue weighted by atomic mass is 10.1. The van der Waals surface area contributed by atoms with Crippen molar-refractivity contribution >= 4 is 15.5 Å². The van der Waals surface area contributed by atoms with E-state index in [4.69, 9.17) is 0 Å². The zero-order chi connectivity index (χ0) is 13.3. The number of rotatable bonds is 3. The van der Waals surface area contributed by atoms with Crippen LogP contribution in [0, 0.1) is 6.92 Å². The van der Waals surface area contributed by atoms with E-state index in [0.717, 1.165) is 11.3 Å². The van der Waals surface area contributed by atoms with E-state index in [9.17, 15) is 8.42 Å². The monoisotopic (exact) mass is 268 g/mol. The highest BCUT2D eigenvalue weighted by atomic mass is 32.2. The third-order valence-electron chi connectivity index (χ3n) is 3.46. The summed E-state index contributed by atoms with van der Waals surface area (Å²) in [7, 11) is -1.39. The third-order valence-corrected chi connectivity index (χ3v) is 5.87. The van der Waals surface area contributed by atoms with Crippen LogP contribution >= 0.6 is 0 Å². The van der Waals surface area contributed by atoms with Gasteiger partial charge in [0, 0.05) is 6.04 Å². The second-order valence-corrected chi connectivity index (χ2v) is 7.04. The highest BCUT2D eigenvalue weighted by Gasteiger charge is 2.37. The largest absolute Gasteiger partial charge is 0.380 e. The van der Waals surface area contributed by atoms with Gasteiger partial charge in [-0.1, -0.05) is 6.07 Å². The molecule has 0 amide bonds. The third kappa shape index (κ3) is 2.24. The quantitative estimate of drug-likeness (QED) is 0.873. The van der Waals surface area contributed by atoms with Gasteiger partial charge in [0.15, 0.2) is 9.84 Å². The summed E-state index contributed by atoms with van der Waals surface area (Å²) in [6.45, 7) is 4.60. The average molecular weight is 268 g/mol. The first-order valence-electron chi connectivity index (χ1n) is 6.22. The smallest absolute Gasteiger partial charge is 0.185 e. The minimum atomic E-state index is -3.22. The fourth-order valence-electron chi connectivity index (χ4n) is 2.47. The van der Waals surface area contributed by atoms with E-state index in [1.807, 2.05) is 33.0 Å². The fraction of sp³-hybridized carbons (Fsp3) is 0.538. The van der Waals surface area contributed by atoms with Crippen molar-refractivity contribution < 1.29 is 8.42 Å². The second kappa shape index (κ2) is 4.90. The molecule has 0 saturated heterocycles. The lowest BCUT2D eigenvalue weighted by molar-refractivity contribution is 0.540. The number of aryl methyl sites for hydroxylation is 1. The van der Waals surface area contributed by atoms with Gasteiger partial charge in [-0.25, -0.2) is 8.42 Å². The Morgan fingerprint density at radius 3 is 2.78 bits per heavy atom. The molecule has 100 valence electrons. The van der Waals surface area contributed by atoms with Crippen LogP contribution in [0.2, 0.25) is 0 Å². The van der Waals surface area contributed by atoms with Gasteiger partial charge < -0.3 is 10.6 Å². The van der Waals surface area contributed by atoms with Crippen LogP contribution < -0.4 is 10.6 Å². The van der Waals surface area contributed by atoms with Gasteiger partial charge >= 0.3 is 0 Å². The summed E-state index contributed by atoms with van der Waals surface area (Å²) in [5, 5.41) is 5.96. The maximum absolute atomic E-state index is 12.6. The van der Waals surface area contributed by atoms with Gasteiger partial charge in [-0.05, 0) is 51.6 Å². The van der Waals surface area contributed by atoms with Crippen LogP contribution in [0.25, 0.3) is 0 Å². The van der Waals surface area contributed by atoms with E-state index >= 15 is 0 Å². The van der Waals surface area contributed by atoms with Crippen LogP contribution in [0.1, 0.15) is 18.9 Å². The molecule has 2 unspecified atom stereocenters. The van der Waals surface area contributed by atoms with Gasteiger partial charge in [0.2, 0.25) is 0 Å². The topological polar surface area (TPSA) is 58.2 Å². The average Bonchev–Trinajstić information content (AvgIpc) is 2.27. The summed E-state index contributed by atoms with van der Waals surface area (Å²) in [6, 6.07) is 5.41. The highest BCUT2D eigenvalue weighted by Crippen LogP contribution is 2.34. The van der Waals surface area contributed by atoms with Crippen LogP contribution in [0.4, 0.5) is 5.69 Å². The molecular weight excluding hydrogens is 248 g/mol. The molecule has 0 aromatic heterocycles. The minimum Gasteiger partial charge on any atom is -0.380 e. The van der Waals surface area contributed by atoms with Gasteiger partial charge in [0.05, 0.1) is 15.8 Å². The Bertz CT molecular complexity index is 540. The number of hydrogen-bond acceptors (Lipinski definition) is 4. The summed E-state index contributed by atoms with van der Waals surface area (Å²) >= 11 is 0. The van der Waals surface area contributed by atoms with Crippen LogP contribution in [0.3, 0.4) is 0 Å². The van der Waals surface area contributed by atoms with Crippen molar-refractivity contribution in [1.82, 2.24) is 5.32 Å². The molecule has 2 N–H and O–H groups in total. The van der Waals surface area contributed by atoms with Gasteiger partial charge in [0.25, 0.3) is 0 Å². The lowest BCUT2D eigenvalue weighted by Crippen LogP contribution is -2.43. The summed E-state index contributed by atoms with van der Waals surface area (Å²) in [5.74, 6) is 0. The summed E-state index contributed by atoms with van der Waals surface area (Å²) in [5.41, 5.74) is 1.81. The van der Waals surface area contributed by atoms with Crippen molar-refractivity contribution in [3.8, 4) is 0 Å². The van der Waals surface area contributed by atoms with Crippen molar-refractivity contribution in [3.63, 3.8) is 0 Å². The van der Waals surface area contributed by atoms with Crippen molar-refractivity contribution in [2.45, 2.75) is 36.5 Å². The molecule has 1 aliphatic rings. The Hall–Kier alpha value is -1.07. The molecule has 2 atom stereocenters. The first-order valence-corrected chi connectivity index (χ1v) is 7.77. The molecule has 1 aromatic carbocycles. The molecule has 18 heavy (non-hydrogen) atoms. The molecule has 1 aromatic rings. The van der Waals surface area contributed by atoms with Crippen LogP contribution in [-0.4, -0.2) is 33.3 Å². The van der Waals surface area contributed by atoms with Crippen LogP contribution in [0.15, 0.2) is 23.1 Å². The number of benzene rings is 1. The summed E-state index contributed by atoms with van der Waals surface area (Å²) in [4.78, 5) is 0.437. The number of hydrogen-bond donors (Lipinski definition) is 2. The van der Waals surface area contributed by atoms with E-state index in [0.29, 0.717) is 17.9 Å². The Morgan fingerprint density at radius 2 is 2.11 bits per heavy atom. The van der Waals surface area contributed by atoms with Crippen molar-refractivity contribution in [2.24, 2.45) is 0 Å². The SMILES string of the molecule is CNCCC1C(C)Nc2cc(C)ccc2S1(=O)=O. The molecule has 0 bridgehead atoms. The van der Waals surface area contributed by atoms with Crippen molar-refractivity contribution in [3.05, 3.63) is 23.8 Å². The molecule has 4 nitrogen and oxygen atoms in total. The summed E-state index contributed by atoms with van der Waals surface area (Å²) in [6.07, 6.45) is 0.625. The Morgan fingerprint density at radius 1 is 1.39 bits per heavy atom. The molecule has 0 saturated carbocycles. The molecule has 0 aliphatic carbocycles. The molecule has 2 rings (SSSR count). The van der Waals surface area contributed by atoms with Crippen LogP contribution in [-0.2, 0) is 9.84 Å². The van der Waals surface area contributed by atoms with Crippen molar-refractivity contribution in [2.75, 3.05) is 18.9 Å². The van der Waals surface area contributed by atoms with Gasteiger partial charge in [-0.3, -0.25) is 0 Å². The first-order chi connectivity index (χ1) is 8.46. The van der Waals surface area contributed by atoms with Crippen LogP contribution in [0.5, 0.6) is 0 Å². The predicted octanol–water partition coefficient (Wildman–Crippen LogP) is 1.56. The summed E-state index contributed by atoms with van der Waals surface area (Å²) < 4.78 is 25.1. The molecule has 1 aliphatic heterocycles. The minimum absolute atomic E-state index is 0.0577. The van der Waals surface area contributed by atoms with E-state index in [2.05, 4.69) is 10.6 Å². The molecule has 0 spiro atoms. The normalized spacial score (nSPS) is 25.3. The Labute approximate surface area is 109 Å². The number of anilines is 1. The maximum Gasteiger partial charge on any atom is 0.185 e. The van der Waals surface area contributed by atoms with E-state index in [1.54, 1.807) is 6.07 Å². The van der Waals surface area contributed by atoms with E-state index < -0.39 is 9.84 Å². The number of sulfone groups is 1. The molecule has 0 fully saturated rings. The second-order valence-electron chi connectivity index (χ2n) is 4.91. The van der Waals surface area contributed by atoms with E-state index in [1.165, 1.54) is 0 Å². The van der Waals surface area contributed by atoms with Gasteiger partial charge in [0.1, 0.15) is 0 Å². The lowest BCUT2D eigenvalue weighted by Gasteiger charge is -2.32. The zero-order valence-electron chi connectivity index (χ0n) is 11.0. The predicted molar refractivity (Wildman–Crippen MR) is 73.8 cm³/mol. The number of fused-ring (bicyclic) bond motifs is 1. The Kier molecular flexibility index (Phi) is 3.64. The maximum atomic E-state index is 12.6. The van der Waals surface area contributed by atoms with Gasteiger partial charge in [-0.15, -0.1) is 0 Å². The highest BCUT2D eigenvalue weighted by molar-refractivity contribution is 7.92.